The molecule has 1 nitrogen and oxygen atoms in total. The molecule has 2 aliphatic rings. The molecule has 98 valence electrons. The quantitative estimate of drug-likeness (QED) is 0.670. The third kappa shape index (κ3) is 2.82. The van der Waals surface area contributed by atoms with Crippen LogP contribution in [0.4, 0.5) is 0 Å². The van der Waals surface area contributed by atoms with Gasteiger partial charge in [0.2, 0.25) is 0 Å². The number of aldehydes is 1. The Hall–Kier alpha value is -1.11. The van der Waals surface area contributed by atoms with E-state index in [-0.39, 0.29) is 11.3 Å². The highest BCUT2D eigenvalue weighted by Crippen LogP contribution is 2.40. The highest BCUT2D eigenvalue weighted by Gasteiger charge is 2.29. The number of hydrogen-bond donors (Lipinski definition) is 0. The molecular formula is C17H24O. The number of allylic oxidation sites excluding steroid dienone is 6. The molecule has 0 fully saturated rings. The highest BCUT2D eigenvalue weighted by molar-refractivity contribution is 5.57. The van der Waals surface area contributed by atoms with Crippen molar-refractivity contribution in [3.63, 3.8) is 0 Å². The first-order valence-corrected chi connectivity index (χ1v) is 7.04. The molecule has 2 rings (SSSR count). The molecule has 0 aromatic rings. The molecule has 0 aromatic carbocycles. The summed E-state index contributed by atoms with van der Waals surface area (Å²) in [7, 11) is 0. The fourth-order valence-electron chi connectivity index (χ4n) is 2.89. The van der Waals surface area contributed by atoms with Crippen LogP contribution in [0.15, 0.2) is 35.5 Å². The lowest BCUT2D eigenvalue weighted by atomic mass is 9.72. The van der Waals surface area contributed by atoms with Gasteiger partial charge in [-0.25, -0.2) is 0 Å². The predicted molar refractivity (Wildman–Crippen MR) is 76.3 cm³/mol. The number of fused-ring (bicyclic) bond motifs is 1. The summed E-state index contributed by atoms with van der Waals surface area (Å²) < 4.78 is 0. The predicted octanol–water partition coefficient (Wildman–Crippen LogP) is 4.46. The number of carbonyl (C=O) groups is 1. The van der Waals surface area contributed by atoms with Crippen LogP contribution >= 0.6 is 0 Å². The maximum Gasteiger partial charge on any atom is 0.123 e. The Morgan fingerprint density at radius 3 is 2.89 bits per heavy atom. The van der Waals surface area contributed by atoms with Gasteiger partial charge >= 0.3 is 0 Å². The standard InChI is InChI=1S/C17H24O/c1-17(2,3)15(12-18)11-14-9-6-8-13-7-4-5-10-16(13)14/h4-5,9-10,12-13,15H,6-8,11H2,1-3H3. The third-order valence-electron chi connectivity index (χ3n) is 4.27. The van der Waals surface area contributed by atoms with E-state index in [4.69, 9.17) is 0 Å². The van der Waals surface area contributed by atoms with Crippen molar-refractivity contribution in [2.75, 3.05) is 0 Å². The summed E-state index contributed by atoms with van der Waals surface area (Å²) >= 11 is 0. The largest absolute Gasteiger partial charge is 0.303 e. The van der Waals surface area contributed by atoms with Crippen LogP contribution in [-0.4, -0.2) is 6.29 Å². The van der Waals surface area contributed by atoms with Gasteiger partial charge in [0.25, 0.3) is 0 Å². The smallest absolute Gasteiger partial charge is 0.123 e. The van der Waals surface area contributed by atoms with Gasteiger partial charge in [0, 0.05) is 5.92 Å². The zero-order valence-electron chi connectivity index (χ0n) is 11.8. The Morgan fingerprint density at radius 1 is 1.44 bits per heavy atom. The molecule has 0 amide bonds. The Balaban J connectivity index is 2.17. The van der Waals surface area contributed by atoms with Crippen LogP contribution in [-0.2, 0) is 4.79 Å². The van der Waals surface area contributed by atoms with Gasteiger partial charge in [-0.3, -0.25) is 0 Å². The van der Waals surface area contributed by atoms with E-state index >= 15 is 0 Å². The molecule has 0 saturated carbocycles. The Morgan fingerprint density at radius 2 is 2.22 bits per heavy atom. The van der Waals surface area contributed by atoms with Gasteiger partial charge in [-0.05, 0) is 48.2 Å². The van der Waals surface area contributed by atoms with Gasteiger partial charge in [0.15, 0.2) is 0 Å². The molecule has 0 aromatic heterocycles. The van der Waals surface area contributed by atoms with Crippen LogP contribution in [0.1, 0.15) is 46.5 Å². The van der Waals surface area contributed by atoms with Crippen molar-refractivity contribution >= 4 is 6.29 Å². The summed E-state index contributed by atoms with van der Waals surface area (Å²) in [6.07, 6.45) is 14.7. The summed E-state index contributed by atoms with van der Waals surface area (Å²) in [6, 6.07) is 0. The minimum Gasteiger partial charge on any atom is -0.303 e. The minimum absolute atomic E-state index is 0.0562. The van der Waals surface area contributed by atoms with Gasteiger partial charge < -0.3 is 4.79 Å². The van der Waals surface area contributed by atoms with E-state index in [0.29, 0.717) is 5.92 Å². The minimum atomic E-state index is 0.0562. The molecule has 0 bridgehead atoms. The second-order valence-corrected chi connectivity index (χ2v) is 6.60. The average molecular weight is 244 g/mol. The van der Waals surface area contributed by atoms with E-state index in [1.807, 2.05) is 0 Å². The average Bonchev–Trinajstić information content (AvgIpc) is 2.34. The fraction of sp³-hybridized carbons (Fsp3) is 0.588. The fourth-order valence-corrected chi connectivity index (χ4v) is 2.89. The van der Waals surface area contributed by atoms with Gasteiger partial charge in [-0.15, -0.1) is 0 Å². The number of hydrogen-bond acceptors (Lipinski definition) is 1. The molecule has 0 heterocycles. The summed E-state index contributed by atoms with van der Waals surface area (Å²) in [6.45, 7) is 6.46. The third-order valence-corrected chi connectivity index (χ3v) is 4.27. The van der Waals surface area contributed by atoms with Gasteiger partial charge in [-0.1, -0.05) is 45.1 Å². The van der Waals surface area contributed by atoms with Gasteiger partial charge in [0.05, 0.1) is 0 Å². The van der Waals surface area contributed by atoms with E-state index in [9.17, 15) is 4.79 Å². The van der Waals surface area contributed by atoms with E-state index in [0.717, 1.165) is 12.7 Å². The first-order valence-electron chi connectivity index (χ1n) is 7.04. The van der Waals surface area contributed by atoms with Crippen molar-refractivity contribution in [1.82, 2.24) is 0 Å². The molecular weight excluding hydrogens is 220 g/mol. The van der Waals surface area contributed by atoms with Crippen LogP contribution in [0, 0.1) is 17.3 Å². The van der Waals surface area contributed by atoms with E-state index in [1.165, 1.54) is 30.4 Å². The van der Waals surface area contributed by atoms with Crippen LogP contribution < -0.4 is 0 Å². The Bertz CT molecular complexity index is 404. The molecule has 2 unspecified atom stereocenters. The first-order chi connectivity index (χ1) is 8.52. The monoisotopic (exact) mass is 244 g/mol. The topological polar surface area (TPSA) is 17.1 Å². The first kappa shape index (κ1) is 13.3. The lowest BCUT2D eigenvalue weighted by Gasteiger charge is -2.32. The molecule has 0 radical (unpaired) electrons. The molecule has 2 aliphatic carbocycles. The summed E-state index contributed by atoms with van der Waals surface area (Å²) in [5.41, 5.74) is 2.96. The number of rotatable bonds is 3. The normalized spacial score (nSPS) is 24.9. The maximum atomic E-state index is 11.3. The SMILES string of the molecule is CC(C)(C)C(C=O)CC1=CCCC2CC=CC=C12. The molecule has 0 N–H and O–H groups in total. The van der Waals surface area contributed by atoms with E-state index in [2.05, 4.69) is 45.1 Å². The van der Waals surface area contributed by atoms with E-state index in [1.54, 1.807) is 0 Å². The molecule has 0 spiro atoms. The zero-order chi connectivity index (χ0) is 13.2. The highest BCUT2D eigenvalue weighted by atomic mass is 16.1. The van der Waals surface area contributed by atoms with Crippen LogP contribution in [0.2, 0.25) is 0 Å². The summed E-state index contributed by atoms with van der Waals surface area (Å²) in [5.74, 6) is 0.816. The van der Waals surface area contributed by atoms with Gasteiger partial charge in [-0.2, -0.15) is 0 Å². The van der Waals surface area contributed by atoms with Crippen molar-refractivity contribution in [3.8, 4) is 0 Å². The van der Waals surface area contributed by atoms with Crippen molar-refractivity contribution in [2.24, 2.45) is 17.3 Å². The molecule has 2 atom stereocenters. The van der Waals surface area contributed by atoms with Crippen LogP contribution in [0.25, 0.3) is 0 Å². The second kappa shape index (κ2) is 5.26. The second-order valence-electron chi connectivity index (χ2n) is 6.60. The molecule has 18 heavy (non-hydrogen) atoms. The van der Waals surface area contributed by atoms with Crippen molar-refractivity contribution in [3.05, 3.63) is 35.5 Å². The lowest BCUT2D eigenvalue weighted by molar-refractivity contribution is -0.113. The van der Waals surface area contributed by atoms with E-state index < -0.39 is 0 Å². The van der Waals surface area contributed by atoms with Gasteiger partial charge in [0.1, 0.15) is 6.29 Å². The van der Waals surface area contributed by atoms with Crippen LogP contribution in [0.5, 0.6) is 0 Å². The molecule has 0 saturated heterocycles. The number of carbonyl (C=O) groups excluding carboxylic acids is 1. The zero-order valence-corrected chi connectivity index (χ0v) is 11.8. The Kier molecular flexibility index (Phi) is 3.89. The lowest BCUT2D eigenvalue weighted by Crippen LogP contribution is -2.24. The van der Waals surface area contributed by atoms with Crippen LogP contribution in [0.3, 0.4) is 0 Å². The Labute approximate surface area is 111 Å². The van der Waals surface area contributed by atoms with Crippen molar-refractivity contribution in [2.45, 2.75) is 46.5 Å². The molecule has 1 heteroatoms. The summed E-state index contributed by atoms with van der Waals surface area (Å²) in [4.78, 5) is 11.3. The maximum absolute atomic E-state index is 11.3. The molecule has 0 aliphatic heterocycles. The van der Waals surface area contributed by atoms with Crippen molar-refractivity contribution in [1.29, 1.82) is 0 Å². The summed E-state index contributed by atoms with van der Waals surface area (Å²) in [5, 5.41) is 0. The van der Waals surface area contributed by atoms with Crippen molar-refractivity contribution < 1.29 is 4.79 Å².